The number of nitrogens with two attached hydrogens (primary N) is 1. The topological polar surface area (TPSA) is 79.8 Å². The Morgan fingerprint density at radius 1 is 1.13 bits per heavy atom. The Bertz CT molecular complexity index is 939. The van der Waals surface area contributed by atoms with Crippen LogP contribution in [0.5, 0.6) is 0 Å². The van der Waals surface area contributed by atoms with Crippen LogP contribution in [-0.4, -0.2) is 16.6 Å². The van der Waals surface area contributed by atoms with Gasteiger partial charge in [-0.05, 0) is 25.5 Å². The third kappa shape index (κ3) is 9.06. The van der Waals surface area contributed by atoms with Crippen LogP contribution >= 0.6 is 11.8 Å². The summed E-state index contributed by atoms with van der Waals surface area (Å²) in [6, 6.07) is 13.9. The molecule has 0 fully saturated rings. The van der Waals surface area contributed by atoms with E-state index in [9.17, 15) is 10.1 Å². The van der Waals surface area contributed by atoms with Gasteiger partial charge in [0.1, 0.15) is 11.1 Å². The van der Waals surface area contributed by atoms with Crippen molar-refractivity contribution in [1.82, 2.24) is 4.98 Å². The summed E-state index contributed by atoms with van der Waals surface area (Å²) in [7, 11) is 0. The number of amides is 1. The van der Waals surface area contributed by atoms with Crippen molar-refractivity contribution in [3.63, 3.8) is 0 Å². The molecule has 0 bridgehead atoms. The van der Waals surface area contributed by atoms with Gasteiger partial charge in [0, 0.05) is 11.1 Å². The van der Waals surface area contributed by atoms with Crippen LogP contribution in [0.1, 0.15) is 52.7 Å². The predicted molar refractivity (Wildman–Crippen MR) is 135 cm³/mol. The monoisotopic (exact) mass is 435 g/mol. The van der Waals surface area contributed by atoms with Crippen molar-refractivity contribution in [2.24, 2.45) is 5.73 Å². The summed E-state index contributed by atoms with van der Waals surface area (Å²) < 4.78 is 0. The van der Waals surface area contributed by atoms with E-state index in [1.807, 2.05) is 108 Å². The van der Waals surface area contributed by atoms with Crippen LogP contribution in [-0.2, 0) is 4.79 Å². The number of nitriles is 1. The van der Waals surface area contributed by atoms with E-state index in [0.717, 1.165) is 22.4 Å². The quantitative estimate of drug-likeness (QED) is 0.384. The number of rotatable bonds is 7. The third-order valence-electron chi connectivity index (χ3n) is 3.72. The van der Waals surface area contributed by atoms with Gasteiger partial charge >= 0.3 is 0 Å². The largest absolute Gasteiger partial charge is 0.369 e. The number of hydrogen-bond donors (Lipinski definition) is 1. The molecule has 0 aliphatic rings. The van der Waals surface area contributed by atoms with E-state index in [1.54, 1.807) is 0 Å². The predicted octanol–water partition coefficient (Wildman–Crippen LogP) is 6.79. The van der Waals surface area contributed by atoms with Crippen LogP contribution < -0.4 is 5.73 Å². The van der Waals surface area contributed by atoms with Crippen molar-refractivity contribution in [3.05, 3.63) is 77.9 Å². The Kier molecular flexibility index (Phi) is 15.0. The Morgan fingerprint density at radius 2 is 1.77 bits per heavy atom. The zero-order valence-electron chi connectivity index (χ0n) is 19.3. The number of carbonyl (C=O) groups excluding carboxylic acids is 1. The zero-order valence-corrected chi connectivity index (χ0v) is 20.2. The molecule has 1 amide bonds. The van der Waals surface area contributed by atoms with Gasteiger partial charge in [0.05, 0.1) is 17.0 Å². The Morgan fingerprint density at radius 3 is 2.29 bits per heavy atom. The van der Waals surface area contributed by atoms with Gasteiger partial charge in [0.15, 0.2) is 0 Å². The summed E-state index contributed by atoms with van der Waals surface area (Å²) in [5, 5.41) is 10.3. The molecule has 164 valence electrons. The number of hydrogen-bond acceptors (Lipinski definition) is 4. The number of nitrogens with zero attached hydrogens (tertiary/aromatic N) is 2. The Balaban J connectivity index is 0.00000212. The first-order valence-electron chi connectivity index (χ1n) is 10.5. The number of aromatic nitrogens is 1. The number of carbonyl (C=O) groups is 1. The maximum Gasteiger partial charge on any atom is 0.227 e. The van der Waals surface area contributed by atoms with E-state index in [2.05, 4.69) is 11.1 Å². The van der Waals surface area contributed by atoms with Crippen molar-refractivity contribution in [2.75, 3.05) is 5.75 Å². The summed E-state index contributed by atoms with van der Waals surface area (Å²) in [6.07, 6.45) is 9.69. The molecule has 0 aliphatic carbocycles. The van der Waals surface area contributed by atoms with E-state index in [-0.39, 0.29) is 5.75 Å². The minimum absolute atomic E-state index is 0.0684. The first-order chi connectivity index (χ1) is 15.1. The van der Waals surface area contributed by atoms with Gasteiger partial charge in [-0.2, -0.15) is 5.26 Å². The van der Waals surface area contributed by atoms with Crippen LogP contribution in [0, 0.1) is 11.3 Å². The highest BCUT2D eigenvalue weighted by Gasteiger charge is 2.16. The zero-order chi connectivity index (χ0) is 23.6. The van der Waals surface area contributed by atoms with Crippen LogP contribution in [0.3, 0.4) is 0 Å². The fourth-order valence-corrected chi connectivity index (χ4v) is 3.21. The third-order valence-corrected chi connectivity index (χ3v) is 4.72. The van der Waals surface area contributed by atoms with E-state index < -0.39 is 5.91 Å². The maximum atomic E-state index is 11.2. The van der Waals surface area contributed by atoms with Gasteiger partial charge in [-0.1, -0.05) is 100 Å². The summed E-state index contributed by atoms with van der Waals surface area (Å²) in [6.45, 7) is 11.9. The Labute approximate surface area is 191 Å². The molecule has 31 heavy (non-hydrogen) atoms. The lowest BCUT2D eigenvalue weighted by Crippen LogP contribution is -2.13. The second-order valence-corrected chi connectivity index (χ2v) is 6.56. The molecule has 4 nitrogen and oxygen atoms in total. The highest BCUT2D eigenvalue weighted by molar-refractivity contribution is 8.00. The lowest BCUT2D eigenvalue weighted by Gasteiger charge is -2.12. The molecule has 0 unspecified atom stereocenters. The lowest BCUT2D eigenvalue weighted by molar-refractivity contribution is -0.115. The summed E-state index contributed by atoms with van der Waals surface area (Å²) in [5.41, 5.74) is 9.10. The number of allylic oxidation sites excluding steroid dienone is 6. The second-order valence-electron chi connectivity index (χ2n) is 5.60. The van der Waals surface area contributed by atoms with E-state index in [4.69, 9.17) is 5.73 Å². The average molecular weight is 436 g/mol. The molecule has 2 aromatic rings. The SMILES string of the molecule is CC.CC.C\C=C/C=C\C(=C/C)c1cc(-c2ccccc2)nc(SCC(N)=O)c1C#N. The highest BCUT2D eigenvalue weighted by atomic mass is 32.2. The van der Waals surface area contributed by atoms with Gasteiger partial charge in [-0.15, -0.1) is 0 Å². The average Bonchev–Trinajstić information content (AvgIpc) is 2.83. The lowest BCUT2D eigenvalue weighted by atomic mass is 9.98. The molecule has 1 heterocycles. The number of thioether (sulfide) groups is 1. The van der Waals surface area contributed by atoms with Gasteiger partial charge in [0.25, 0.3) is 0 Å². The molecule has 0 spiro atoms. The molecule has 1 aromatic carbocycles. The molecule has 0 aliphatic heterocycles. The van der Waals surface area contributed by atoms with Crippen molar-refractivity contribution >= 4 is 23.2 Å². The maximum absolute atomic E-state index is 11.2. The smallest absolute Gasteiger partial charge is 0.227 e. The van der Waals surface area contributed by atoms with Gasteiger partial charge in [0.2, 0.25) is 5.91 Å². The number of benzene rings is 1. The van der Waals surface area contributed by atoms with Crippen LogP contribution in [0.2, 0.25) is 0 Å². The van der Waals surface area contributed by atoms with E-state index in [1.165, 1.54) is 11.8 Å². The molecule has 0 atom stereocenters. The van der Waals surface area contributed by atoms with Crippen molar-refractivity contribution in [1.29, 1.82) is 5.26 Å². The molecule has 2 rings (SSSR count). The second kappa shape index (κ2) is 16.7. The fourth-order valence-electron chi connectivity index (χ4n) is 2.47. The van der Waals surface area contributed by atoms with Crippen molar-refractivity contribution in [3.8, 4) is 17.3 Å². The van der Waals surface area contributed by atoms with Gasteiger partial charge in [-0.3, -0.25) is 4.79 Å². The molecule has 0 radical (unpaired) electrons. The molecule has 2 N–H and O–H groups in total. The fraction of sp³-hybridized carbons (Fsp3) is 0.269. The molecule has 0 saturated carbocycles. The molecule has 1 aromatic heterocycles. The molecular formula is C26H33N3OS. The first kappa shape index (κ1) is 27.9. The standard InChI is InChI=1S/C22H21N3OS.2C2H6/c1-3-5-7-10-16(4-2)18-13-20(17-11-8-6-9-12-17)25-22(19(18)14-23)27-15-21(24)26;2*1-2/h3-13H,15H2,1-2H3,(H2,24,26);2*1-2H3/b5-3-,10-7-,16-4+;;. The van der Waals surface area contributed by atoms with Gasteiger partial charge in [-0.25, -0.2) is 4.98 Å². The minimum atomic E-state index is -0.448. The first-order valence-corrected chi connectivity index (χ1v) is 11.5. The van der Waals surface area contributed by atoms with Crippen molar-refractivity contribution in [2.45, 2.75) is 46.6 Å². The Hall–Kier alpha value is -3.10. The molecule has 0 saturated heterocycles. The summed E-state index contributed by atoms with van der Waals surface area (Å²) in [4.78, 5) is 15.9. The molecular weight excluding hydrogens is 402 g/mol. The number of primary amides is 1. The van der Waals surface area contributed by atoms with E-state index >= 15 is 0 Å². The van der Waals surface area contributed by atoms with Crippen LogP contribution in [0.4, 0.5) is 0 Å². The normalized spacial score (nSPS) is 10.7. The summed E-state index contributed by atoms with van der Waals surface area (Å²) in [5.74, 6) is -0.379. The van der Waals surface area contributed by atoms with Crippen molar-refractivity contribution < 1.29 is 4.79 Å². The minimum Gasteiger partial charge on any atom is -0.369 e. The van der Waals surface area contributed by atoms with Crippen LogP contribution in [0.15, 0.2) is 71.8 Å². The highest BCUT2D eigenvalue weighted by Crippen LogP contribution is 2.32. The van der Waals surface area contributed by atoms with E-state index in [0.29, 0.717) is 10.6 Å². The summed E-state index contributed by atoms with van der Waals surface area (Å²) >= 11 is 1.19. The van der Waals surface area contributed by atoms with Crippen LogP contribution in [0.25, 0.3) is 16.8 Å². The molecule has 5 heteroatoms. The van der Waals surface area contributed by atoms with Gasteiger partial charge < -0.3 is 5.73 Å². The number of pyridine rings is 1.